The summed E-state index contributed by atoms with van der Waals surface area (Å²) < 4.78 is 4.55. The second-order valence-corrected chi connectivity index (χ2v) is 4.22. The maximum Gasteiger partial charge on any atom is 0.374 e. The summed E-state index contributed by atoms with van der Waals surface area (Å²) >= 11 is 0. The van der Waals surface area contributed by atoms with Gasteiger partial charge < -0.3 is 14.9 Å². The molecule has 0 saturated carbocycles. The summed E-state index contributed by atoms with van der Waals surface area (Å²) in [5, 5.41) is 15.7. The van der Waals surface area contributed by atoms with Crippen LogP contribution in [0.15, 0.2) is 47.1 Å². The Morgan fingerprint density at radius 2 is 2.00 bits per heavy atom. The van der Waals surface area contributed by atoms with Crippen LogP contribution < -0.4 is 5.32 Å². The Labute approximate surface area is 118 Å². The molecule has 21 heavy (non-hydrogen) atoms. The number of carbonyl (C=O) groups excluding carboxylic acids is 1. The molecule has 7 heteroatoms. The molecule has 1 amide bonds. The van der Waals surface area contributed by atoms with Gasteiger partial charge in [-0.2, -0.15) is 0 Å². The molecular weight excluding hydrogens is 274 g/mol. The van der Waals surface area contributed by atoms with Gasteiger partial charge in [-0.25, -0.2) is 4.79 Å². The molecular formula is C14H9N3O4. The van der Waals surface area contributed by atoms with E-state index in [1.807, 2.05) is 12.1 Å². The van der Waals surface area contributed by atoms with E-state index in [-0.39, 0.29) is 5.69 Å². The Morgan fingerprint density at radius 3 is 2.76 bits per heavy atom. The van der Waals surface area contributed by atoms with Crippen molar-refractivity contribution < 1.29 is 19.2 Å². The van der Waals surface area contributed by atoms with Crippen molar-refractivity contribution >= 4 is 28.5 Å². The molecule has 0 atom stereocenters. The highest BCUT2D eigenvalue weighted by molar-refractivity contribution is 6.07. The van der Waals surface area contributed by atoms with E-state index in [4.69, 9.17) is 5.11 Å². The molecule has 0 aliphatic rings. The molecule has 0 aliphatic heterocycles. The molecule has 3 rings (SSSR count). The van der Waals surface area contributed by atoms with Crippen molar-refractivity contribution in [3.63, 3.8) is 0 Å². The summed E-state index contributed by atoms with van der Waals surface area (Å²) in [4.78, 5) is 26.9. The summed E-state index contributed by atoms with van der Waals surface area (Å²) in [6.45, 7) is 0. The number of nitrogens with zero attached hydrogens (tertiary/aromatic N) is 2. The number of para-hydroxylation sites is 1. The SMILES string of the molecule is O=C(Nc1cccc2cccnc12)c1cc(C(=O)O)on1. The Bertz CT molecular complexity index is 836. The van der Waals surface area contributed by atoms with Crippen molar-refractivity contribution in [1.29, 1.82) is 0 Å². The standard InChI is InChI=1S/C14H9N3O4/c18-13(10-7-11(14(19)20)21-17-10)16-9-5-1-3-8-4-2-6-15-12(8)9/h1-7H,(H,16,18)(H,19,20). The van der Waals surface area contributed by atoms with E-state index in [9.17, 15) is 9.59 Å². The van der Waals surface area contributed by atoms with E-state index in [1.54, 1.807) is 24.4 Å². The van der Waals surface area contributed by atoms with Crippen LogP contribution in [0.5, 0.6) is 0 Å². The van der Waals surface area contributed by atoms with Crippen molar-refractivity contribution in [2.75, 3.05) is 5.32 Å². The van der Waals surface area contributed by atoms with Crippen LogP contribution in [0.4, 0.5) is 5.69 Å². The van der Waals surface area contributed by atoms with Crippen LogP contribution in [-0.4, -0.2) is 27.1 Å². The average molecular weight is 283 g/mol. The van der Waals surface area contributed by atoms with Gasteiger partial charge in [0, 0.05) is 17.6 Å². The summed E-state index contributed by atoms with van der Waals surface area (Å²) in [7, 11) is 0. The van der Waals surface area contributed by atoms with Crippen molar-refractivity contribution in [2.45, 2.75) is 0 Å². The molecule has 0 fully saturated rings. The highest BCUT2D eigenvalue weighted by Crippen LogP contribution is 2.21. The molecule has 7 nitrogen and oxygen atoms in total. The maximum atomic E-state index is 12.0. The minimum absolute atomic E-state index is 0.111. The number of hydrogen-bond donors (Lipinski definition) is 2. The van der Waals surface area contributed by atoms with E-state index >= 15 is 0 Å². The third-order valence-corrected chi connectivity index (χ3v) is 2.83. The minimum Gasteiger partial charge on any atom is -0.475 e. The fourth-order valence-corrected chi connectivity index (χ4v) is 1.87. The van der Waals surface area contributed by atoms with Crippen molar-refractivity contribution in [1.82, 2.24) is 10.1 Å². The first-order valence-corrected chi connectivity index (χ1v) is 6.00. The van der Waals surface area contributed by atoms with Gasteiger partial charge in [0.15, 0.2) is 5.69 Å². The van der Waals surface area contributed by atoms with Gasteiger partial charge in [0.25, 0.3) is 5.91 Å². The molecule has 2 heterocycles. The van der Waals surface area contributed by atoms with Gasteiger partial charge in [0.1, 0.15) is 0 Å². The van der Waals surface area contributed by atoms with Crippen molar-refractivity contribution in [3.8, 4) is 0 Å². The molecule has 0 aliphatic carbocycles. The average Bonchev–Trinajstić information content (AvgIpc) is 2.98. The second kappa shape index (κ2) is 5.04. The van der Waals surface area contributed by atoms with E-state index < -0.39 is 17.6 Å². The zero-order valence-corrected chi connectivity index (χ0v) is 10.6. The van der Waals surface area contributed by atoms with Crippen LogP contribution in [0, 0.1) is 0 Å². The first-order chi connectivity index (χ1) is 10.1. The molecule has 0 spiro atoms. The predicted molar refractivity (Wildman–Crippen MR) is 73.2 cm³/mol. The minimum atomic E-state index is -1.28. The smallest absolute Gasteiger partial charge is 0.374 e. The van der Waals surface area contributed by atoms with Gasteiger partial charge >= 0.3 is 5.97 Å². The number of carboxylic acids is 1. The number of aromatic nitrogens is 2. The van der Waals surface area contributed by atoms with E-state index in [0.29, 0.717) is 11.2 Å². The highest BCUT2D eigenvalue weighted by Gasteiger charge is 2.17. The monoisotopic (exact) mass is 283 g/mol. The first-order valence-electron chi connectivity index (χ1n) is 6.00. The fraction of sp³-hybridized carbons (Fsp3) is 0. The Morgan fingerprint density at radius 1 is 1.19 bits per heavy atom. The lowest BCUT2D eigenvalue weighted by atomic mass is 10.2. The number of pyridine rings is 1. The largest absolute Gasteiger partial charge is 0.475 e. The van der Waals surface area contributed by atoms with Gasteiger partial charge in [-0.05, 0) is 12.1 Å². The lowest BCUT2D eigenvalue weighted by molar-refractivity contribution is 0.0651. The zero-order chi connectivity index (χ0) is 14.8. The van der Waals surface area contributed by atoms with Gasteiger partial charge in [-0.3, -0.25) is 9.78 Å². The van der Waals surface area contributed by atoms with Gasteiger partial charge in [0.2, 0.25) is 5.76 Å². The molecule has 0 saturated heterocycles. The molecule has 0 unspecified atom stereocenters. The third kappa shape index (κ3) is 2.44. The Kier molecular flexibility index (Phi) is 3.07. The van der Waals surface area contributed by atoms with Crippen LogP contribution in [0.25, 0.3) is 10.9 Å². The lowest BCUT2D eigenvalue weighted by Gasteiger charge is -2.05. The van der Waals surface area contributed by atoms with Gasteiger partial charge in [0.05, 0.1) is 11.2 Å². The number of amides is 1. The number of nitrogens with one attached hydrogen (secondary N) is 1. The second-order valence-electron chi connectivity index (χ2n) is 4.22. The van der Waals surface area contributed by atoms with Crippen LogP contribution >= 0.6 is 0 Å². The lowest BCUT2D eigenvalue weighted by Crippen LogP contribution is -2.12. The maximum absolute atomic E-state index is 12.0. The molecule has 1 aromatic carbocycles. The van der Waals surface area contributed by atoms with Crippen molar-refractivity contribution in [3.05, 3.63) is 54.0 Å². The number of fused-ring (bicyclic) bond motifs is 1. The number of aromatic carboxylic acids is 1. The van der Waals surface area contributed by atoms with Crippen LogP contribution in [0.2, 0.25) is 0 Å². The van der Waals surface area contributed by atoms with Crippen LogP contribution in [0.1, 0.15) is 21.0 Å². The summed E-state index contributed by atoms with van der Waals surface area (Å²) in [6.07, 6.45) is 1.62. The molecule has 2 N–H and O–H groups in total. The predicted octanol–water partition coefficient (Wildman–Crippen LogP) is 2.17. The summed E-state index contributed by atoms with van der Waals surface area (Å²) in [5.41, 5.74) is 1.04. The molecule has 3 aromatic rings. The summed E-state index contributed by atoms with van der Waals surface area (Å²) in [6, 6.07) is 10.1. The molecule has 104 valence electrons. The van der Waals surface area contributed by atoms with E-state index in [0.717, 1.165) is 11.5 Å². The molecule has 0 radical (unpaired) electrons. The highest BCUT2D eigenvalue weighted by atomic mass is 16.5. The normalized spacial score (nSPS) is 10.5. The number of anilines is 1. The van der Waals surface area contributed by atoms with Crippen molar-refractivity contribution in [2.24, 2.45) is 0 Å². The Hall–Kier alpha value is -3.22. The number of hydrogen-bond acceptors (Lipinski definition) is 5. The molecule has 2 aromatic heterocycles. The zero-order valence-electron chi connectivity index (χ0n) is 10.6. The topological polar surface area (TPSA) is 105 Å². The van der Waals surface area contributed by atoms with Crippen LogP contribution in [-0.2, 0) is 0 Å². The molecule has 0 bridgehead atoms. The van der Waals surface area contributed by atoms with E-state index in [2.05, 4.69) is 20.0 Å². The number of rotatable bonds is 3. The quantitative estimate of drug-likeness (QED) is 0.763. The third-order valence-electron chi connectivity index (χ3n) is 2.83. The van der Waals surface area contributed by atoms with Gasteiger partial charge in [-0.1, -0.05) is 23.4 Å². The number of carbonyl (C=O) groups is 2. The fourth-order valence-electron chi connectivity index (χ4n) is 1.87. The Balaban J connectivity index is 1.91. The number of carboxylic acid groups (broad SMARTS) is 1. The summed E-state index contributed by atoms with van der Waals surface area (Å²) in [5.74, 6) is -2.24. The first kappa shape index (κ1) is 12.8. The number of benzene rings is 1. The van der Waals surface area contributed by atoms with E-state index in [1.165, 1.54) is 0 Å². The van der Waals surface area contributed by atoms with Gasteiger partial charge in [-0.15, -0.1) is 0 Å². The van der Waals surface area contributed by atoms with Crippen LogP contribution in [0.3, 0.4) is 0 Å².